The molecule has 0 N–H and O–H groups in total. The number of amides is 2. The van der Waals surface area contributed by atoms with Crippen molar-refractivity contribution in [3.05, 3.63) is 73.6 Å². The Balaban J connectivity index is 1.54. The molecule has 186 valence electrons. The summed E-state index contributed by atoms with van der Waals surface area (Å²) in [6.07, 6.45) is 1.79. The van der Waals surface area contributed by atoms with Gasteiger partial charge in [-0.3, -0.25) is 9.59 Å². The van der Waals surface area contributed by atoms with Crippen molar-refractivity contribution >= 4 is 34.5 Å². The van der Waals surface area contributed by atoms with Crippen LogP contribution in [0.2, 0.25) is 0 Å². The quantitative estimate of drug-likeness (QED) is 0.348. The highest BCUT2D eigenvalue weighted by atomic mass is 32.1. The molecule has 3 aromatic rings. The predicted molar refractivity (Wildman–Crippen MR) is 144 cm³/mol. The van der Waals surface area contributed by atoms with E-state index in [0.717, 1.165) is 29.7 Å². The Kier molecular flexibility index (Phi) is 8.29. The lowest BCUT2D eigenvalue weighted by atomic mass is 10.00. The van der Waals surface area contributed by atoms with Gasteiger partial charge in [0.15, 0.2) is 0 Å². The highest BCUT2D eigenvalue weighted by Crippen LogP contribution is 2.34. The molecular weight excluding hydrogens is 476 g/mol. The smallest absolute Gasteiger partial charge is 0.264 e. The first kappa shape index (κ1) is 25.5. The van der Waals surface area contributed by atoms with Gasteiger partial charge in [-0.25, -0.2) is 0 Å². The maximum atomic E-state index is 13.7. The number of fused-ring (bicyclic) bond motifs is 1. The largest absolute Gasteiger partial charge is 0.491 e. The van der Waals surface area contributed by atoms with Gasteiger partial charge in [0, 0.05) is 18.0 Å². The fourth-order valence-electron chi connectivity index (χ4n) is 4.54. The van der Waals surface area contributed by atoms with Crippen molar-refractivity contribution in [1.29, 1.82) is 0 Å². The number of ether oxygens (including phenoxy) is 1. The molecule has 2 atom stereocenters. The molecule has 0 radical (unpaired) electrons. The molecular formula is C28H34N2O3S2. The number of carbonyl (C=O) groups is 2. The molecule has 5 nitrogen and oxygen atoms in total. The Morgan fingerprint density at radius 2 is 2.00 bits per heavy atom. The van der Waals surface area contributed by atoms with Gasteiger partial charge in [0.05, 0.1) is 10.9 Å². The summed E-state index contributed by atoms with van der Waals surface area (Å²) < 4.78 is 6.26. The second-order valence-electron chi connectivity index (χ2n) is 9.41. The molecule has 0 saturated heterocycles. The van der Waals surface area contributed by atoms with Crippen molar-refractivity contribution in [1.82, 2.24) is 9.80 Å². The van der Waals surface area contributed by atoms with Gasteiger partial charge >= 0.3 is 0 Å². The lowest BCUT2D eigenvalue weighted by molar-refractivity contribution is -0.135. The fraction of sp³-hybridized carbons (Fsp3) is 0.429. The van der Waals surface area contributed by atoms with Crippen LogP contribution in [0.15, 0.2) is 47.2 Å². The van der Waals surface area contributed by atoms with E-state index in [1.807, 2.05) is 41.5 Å². The normalized spacial score (nSPS) is 16.0. The molecule has 4 rings (SSSR count). The first-order valence-electron chi connectivity index (χ1n) is 12.3. The first-order valence-corrected chi connectivity index (χ1v) is 14.0. The average molecular weight is 511 g/mol. The SMILES string of the molecule is CC[C@H](C)CN(CC(=O)N1CCc2sccc2[C@H]1COc1ccc(C)cc1C)C(=O)c1cccs1. The maximum absolute atomic E-state index is 13.7. The summed E-state index contributed by atoms with van der Waals surface area (Å²) in [5, 5.41) is 4.00. The number of nitrogens with zero attached hydrogens (tertiary/aromatic N) is 2. The van der Waals surface area contributed by atoms with Crippen LogP contribution < -0.4 is 4.74 Å². The van der Waals surface area contributed by atoms with Crippen LogP contribution in [0.25, 0.3) is 0 Å². The lowest BCUT2D eigenvalue weighted by Crippen LogP contribution is -2.48. The second-order valence-corrected chi connectivity index (χ2v) is 11.4. The van der Waals surface area contributed by atoms with Crippen LogP contribution >= 0.6 is 22.7 Å². The van der Waals surface area contributed by atoms with Gasteiger partial charge in [-0.15, -0.1) is 22.7 Å². The van der Waals surface area contributed by atoms with Crippen LogP contribution in [-0.4, -0.2) is 47.9 Å². The lowest BCUT2D eigenvalue weighted by Gasteiger charge is -2.37. The number of rotatable bonds is 9. The minimum Gasteiger partial charge on any atom is -0.491 e. The molecule has 0 saturated carbocycles. The predicted octanol–water partition coefficient (Wildman–Crippen LogP) is 6.12. The van der Waals surface area contributed by atoms with Crippen molar-refractivity contribution in [3.8, 4) is 5.75 Å². The van der Waals surface area contributed by atoms with Gasteiger partial charge in [0.2, 0.25) is 5.91 Å². The zero-order chi connectivity index (χ0) is 24.9. The van der Waals surface area contributed by atoms with Crippen LogP contribution in [0.1, 0.15) is 57.5 Å². The van der Waals surface area contributed by atoms with Crippen molar-refractivity contribution in [2.75, 3.05) is 26.2 Å². The Labute approximate surface area is 216 Å². The van der Waals surface area contributed by atoms with Gasteiger partial charge in [0.1, 0.15) is 18.9 Å². The highest BCUT2D eigenvalue weighted by molar-refractivity contribution is 7.12. The summed E-state index contributed by atoms with van der Waals surface area (Å²) in [5.74, 6) is 1.08. The van der Waals surface area contributed by atoms with Crippen molar-refractivity contribution < 1.29 is 14.3 Å². The van der Waals surface area contributed by atoms with Crippen molar-refractivity contribution in [2.24, 2.45) is 5.92 Å². The molecule has 1 aromatic carbocycles. The number of aryl methyl sites for hydroxylation is 2. The molecule has 1 aliphatic rings. The third kappa shape index (κ3) is 5.96. The summed E-state index contributed by atoms with van der Waals surface area (Å²) >= 11 is 3.16. The summed E-state index contributed by atoms with van der Waals surface area (Å²) in [7, 11) is 0. The third-order valence-corrected chi connectivity index (χ3v) is 8.57. The van der Waals surface area contributed by atoms with Crippen LogP contribution in [-0.2, 0) is 11.2 Å². The van der Waals surface area contributed by atoms with Crippen molar-refractivity contribution in [3.63, 3.8) is 0 Å². The van der Waals surface area contributed by atoms with Crippen LogP contribution in [0, 0.1) is 19.8 Å². The summed E-state index contributed by atoms with van der Waals surface area (Å²) in [5.41, 5.74) is 3.45. The summed E-state index contributed by atoms with van der Waals surface area (Å²) in [6.45, 7) is 10.0. The van der Waals surface area contributed by atoms with Crippen LogP contribution in [0.5, 0.6) is 5.75 Å². The molecule has 0 spiro atoms. The molecule has 0 aliphatic carbocycles. The third-order valence-electron chi connectivity index (χ3n) is 6.72. The molecule has 7 heteroatoms. The monoisotopic (exact) mass is 510 g/mol. The Morgan fingerprint density at radius 1 is 1.17 bits per heavy atom. The first-order chi connectivity index (χ1) is 16.9. The summed E-state index contributed by atoms with van der Waals surface area (Å²) in [4.78, 5) is 32.6. The number of hydrogen-bond donors (Lipinski definition) is 0. The standard InChI is InChI=1S/C28H34N2O3S2/c1-5-19(2)16-29(28(32)26-7-6-13-34-26)17-27(31)30-12-10-25-22(11-14-35-25)23(30)18-33-24-9-8-20(3)15-21(24)4/h6-9,11,13-15,19,23H,5,10,12,16-18H2,1-4H3/t19-,23+/m0/s1. The van der Waals surface area contributed by atoms with E-state index in [1.54, 1.807) is 16.2 Å². The van der Waals surface area contributed by atoms with Gasteiger partial charge in [0.25, 0.3) is 5.91 Å². The average Bonchev–Trinajstić information content (AvgIpc) is 3.54. The van der Waals surface area contributed by atoms with E-state index in [-0.39, 0.29) is 24.4 Å². The maximum Gasteiger partial charge on any atom is 0.264 e. The fourth-order valence-corrected chi connectivity index (χ4v) is 6.16. The molecule has 1 aliphatic heterocycles. The van der Waals surface area contributed by atoms with Gasteiger partial charge in [-0.2, -0.15) is 0 Å². The van der Waals surface area contributed by atoms with E-state index >= 15 is 0 Å². The van der Waals surface area contributed by atoms with Gasteiger partial charge in [-0.05, 0) is 66.3 Å². The van der Waals surface area contributed by atoms with Crippen LogP contribution in [0.3, 0.4) is 0 Å². The van der Waals surface area contributed by atoms with Crippen molar-refractivity contribution in [2.45, 2.75) is 46.6 Å². The zero-order valence-electron chi connectivity index (χ0n) is 21.0. The van der Waals surface area contributed by atoms with E-state index < -0.39 is 0 Å². The molecule has 2 amide bonds. The number of thiophene rings is 2. The number of carbonyl (C=O) groups excluding carboxylic acids is 2. The molecule has 0 unspecified atom stereocenters. The molecule has 2 aromatic heterocycles. The van der Waals surface area contributed by atoms with E-state index in [1.165, 1.54) is 21.8 Å². The number of benzene rings is 1. The Hall–Kier alpha value is -2.64. The molecule has 0 bridgehead atoms. The van der Waals surface area contributed by atoms with E-state index in [9.17, 15) is 9.59 Å². The van der Waals surface area contributed by atoms with E-state index in [2.05, 4.69) is 38.3 Å². The second kappa shape index (κ2) is 11.4. The van der Waals surface area contributed by atoms with Gasteiger partial charge < -0.3 is 14.5 Å². The van der Waals surface area contributed by atoms with E-state index in [0.29, 0.717) is 30.5 Å². The minimum atomic E-state index is -0.166. The molecule has 0 fully saturated rings. The zero-order valence-corrected chi connectivity index (χ0v) is 22.6. The highest BCUT2D eigenvalue weighted by Gasteiger charge is 2.34. The van der Waals surface area contributed by atoms with Crippen LogP contribution in [0.4, 0.5) is 0 Å². The Morgan fingerprint density at radius 3 is 2.71 bits per heavy atom. The van der Waals surface area contributed by atoms with E-state index in [4.69, 9.17) is 4.74 Å². The molecule has 35 heavy (non-hydrogen) atoms. The summed E-state index contributed by atoms with van der Waals surface area (Å²) in [6, 6.07) is 11.8. The Bertz CT molecular complexity index is 1150. The minimum absolute atomic E-state index is 0.0238. The molecule has 3 heterocycles. The van der Waals surface area contributed by atoms with Gasteiger partial charge in [-0.1, -0.05) is 44.0 Å². The topological polar surface area (TPSA) is 49.9 Å². The number of hydrogen-bond acceptors (Lipinski definition) is 5.